The molecule has 1 aliphatic rings. The molecule has 1 aromatic rings. The minimum atomic E-state index is 0.149. The molecule has 2 rings (SSSR count). The molecule has 1 aromatic carbocycles. The van der Waals surface area contributed by atoms with Crippen molar-refractivity contribution in [2.75, 3.05) is 18.9 Å². The number of halogens is 1. The molecule has 0 spiro atoms. The summed E-state index contributed by atoms with van der Waals surface area (Å²) in [5, 5.41) is 3.88. The molecule has 0 aromatic heterocycles. The van der Waals surface area contributed by atoms with Crippen molar-refractivity contribution in [3.05, 3.63) is 28.8 Å². The predicted molar refractivity (Wildman–Crippen MR) is 84.3 cm³/mol. The van der Waals surface area contributed by atoms with Crippen LogP contribution >= 0.6 is 11.6 Å². The molecule has 1 fully saturated rings. The molecule has 0 bridgehead atoms. The maximum absolute atomic E-state index is 12.2. The fourth-order valence-corrected chi connectivity index (χ4v) is 2.92. The molecule has 1 amide bonds. The second-order valence-electron chi connectivity index (χ2n) is 5.61. The molecule has 0 heterocycles. The van der Waals surface area contributed by atoms with Crippen molar-refractivity contribution in [3.8, 4) is 0 Å². The van der Waals surface area contributed by atoms with E-state index in [2.05, 4.69) is 5.32 Å². The number of carbonyl (C=O) groups excluding carboxylic acids is 1. The average Bonchev–Trinajstić information content (AvgIpc) is 2.48. The number of benzene rings is 1. The van der Waals surface area contributed by atoms with Crippen LogP contribution in [0.2, 0.25) is 5.02 Å². The van der Waals surface area contributed by atoms with Crippen molar-refractivity contribution >= 4 is 23.2 Å². The van der Waals surface area contributed by atoms with Crippen LogP contribution in [0.5, 0.6) is 0 Å². The largest absolute Gasteiger partial charge is 0.376 e. The molecule has 110 valence electrons. The maximum atomic E-state index is 12.2. The Morgan fingerprint density at radius 3 is 2.75 bits per heavy atom. The fourth-order valence-electron chi connectivity index (χ4n) is 2.75. The lowest BCUT2D eigenvalue weighted by Gasteiger charge is -2.31. The third-order valence-electron chi connectivity index (χ3n) is 4.15. The van der Waals surface area contributed by atoms with Gasteiger partial charge < -0.3 is 10.2 Å². The molecule has 0 radical (unpaired) electrons. The minimum Gasteiger partial charge on any atom is -0.376 e. The summed E-state index contributed by atoms with van der Waals surface area (Å²) in [6, 6.07) is 6.10. The number of aryl methyl sites for hydroxylation is 1. The van der Waals surface area contributed by atoms with Crippen LogP contribution in [-0.4, -0.2) is 30.4 Å². The summed E-state index contributed by atoms with van der Waals surface area (Å²) >= 11 is 5.98. The van der Waals surface area contributed by atoms with Gasteiger partial charge in [-0.3, -0.25) is 4.79 Å². The van der Waals surface area contributed by atoms with Crippen LogP contribution in [0.25, 0.3) is 0 Å². The molecule has 20 heavy (non-hydrogen) atoms. The summed E-state index contributed by atoms with van der Waals surface area (Å²) < 4.78 is 0. The monoisotopic (exact) mass is 294 g/mol. The van der Waals surface area contributed by atoms with Crippen LogP contribution in [0, 0.1) is 6.92 Å². The molecule has 0 saturated heterocycles. The Kier molecular flexibility index (Phi) is 5.30. The number of likely N-dealkylation sites (N-methyl/N-ethyl adjacent to an activating group) is 1. The van der Waals surface area contributed by atoms with Gasteiger partial charge in [-0.1, -0.05) is 36.9 Å². The summed E-state index contributed by atoms with van der Waals surface area (Å²) in [5.41, 5.74) is 2.03. The Balaban J connectivity index is 1.89. The van der Waals surface area contributed by atoms with Crippen molar-refractivity contribution in [2.45, 2.75) is 45.1 Å². The lowest BCUT2D eigenvalue weighted by molar-refractivity contribution is -0.130. The number of carbonyl (C=O) groups is 1. The standard InChI is InChI=1S/C16H23ClN2O/c1-12-8-9-13(17)10-15(12)18-11-16(20)19(2)14-6-4-3-5-7-14/h8-10,14,18H,3-7,11H2,1-2H3. The Morgan fingerprint density at radius 1 is 1.35 bits per heavy atom. The van der Waals surface area contributed by atoms with Crippen LogP contribution in [-0.2, 0) is 4.79 Å². The van der Waals surface area contributed by atoms with E-state index in [1.54, 1.807) is 0 Å². The number of rotatable bonds is 4. The molecule has 0 aliphatic heterocycles. The van der Waals surface area contributed by atoms with E-state index in [1.807, 2.05) is 37.1 Å². The molecule has 3 nitrogen and oxygen atoms in total. The van der Waals surface area contributed by atoms with Gasteiger partial charge in [-0.15, -0.1) is 0 Å². The second-order valence-corrected chi connectivity index (χ2v) is 6.05. The van der Waals surface area contributed by atoms with Crippen LogP contribution in [0.15, 0.2) is 18.2 Å². The SMILES string of the molecule is Cc1ccc(Cl)cc1NCC(=O)N(C)C1CCCCC1. The fraction of sp³-hybridized carbons (Fsp3) is 0.562. The number of hydrogen-bond acceptors (Lipinski definition) is 2. The van der Waals surface area contributed by atoms with Crippen molar-refractivity contribution in [1.29, 1.82) is 0 Å². The van der Waals surface area contributed by atoms with E-state index in [0.29, 0.717) is 17.6 Å². The van der Waals surface area contributed by atoms with Crippen molar-refractivity contribution in [3.63, 3.8) is 0 Å². The van der Waals surface area contributed by atoms with E-state index in [-0.39, 0.29) is 5.91 Å². The lowest BCUT2D eigenvalue weighted by Crippen LogP contribution is -2.41. The molecular formula is C16H23ClN2O. The van der Waals surface area contributed by atoms with Crippen molar-refractivity contribution < 1.29 is 4.79 Å². The molecular weight excluding hydrogens is 272 g/mol. The summed E-state index contributed by atoms with van der Waals surface area (Å²) in [7, 11) is 1.92. The lowest BCUT2D eigenvalue weighted by atomic mass is 9.94. The summed E-state index contributed by atoms with van der Waals surface area (Å²) in [6.45, 7) is 2.34. The van der Waals surface area contributed by atoms with Crippen molar-refractivity contribution in [1.82, 2.24) is 4.90 Å². The van der Waals surface area contributed by atoms with Crippen LogP contribution in [0.1, 0.15) is 37.7 Å². The second kappa shape index (κ2) is 6.98. The van der Waals surface area contributed by atoms with E-state index < -0.39 is 0 Å². The van der Waals surface area contributed by atoms with E-state index in [9.17, 15) is 4.79 Å². The molecule has 0 unspecified atom stereocenters. The third-order valence-corrected chi connectivity index (χ3v) is 4.38. The number of nitrogens with one attached hydrogen (secondary N) is 1. The molecule has 4 heteroatoms. The average molecular weight is 295 g/mol. The topological polar surface area (TPSA) is 32.3 Å². The van der Waals surface area contributed by atoms with E-state index in [4.69, 9.17) is 11.6 Å². The first-order valence-electron chi connectivity index (χ1n) is 7.33. The molecule has 1 aliphatic carbocycles. The van der Waals surface area contributed by atoms with Crippen molar-refractivity contribution in [2.24, 2.45) is 0 Å². The van der Waals surface area contributed by atoms with Gasteiger partial charge >= 0.3 is 0 Å². The first-order chi connectivity index (χ1) is 9.58. The first-order valence-corrected chi connectivity index (χ1v) is 7.71. The van der Waals surface area contributed by atoms with Gasteiger partial charge in [0.25, 0.3) is 0 Å². The molecule has 0 atom stereocenters. The zero-order chi connectivity index (χ0) is 14.5. The number of hydrogen-bond donors (Lipinski definition) is 1. The van der Waals surface area contributed by atoms with E-state index in [1.165, 1.54) is 19.3 Å². The molecule has 1 N–H and O–H groups in total. The zero-order valence-electron chi connectivity index (χ0n) is 12.3. The highest BCUT2D eigenvalue weighted by molar-refractivity contribution is 6.30. The summed E-state index contributed by atoms with van der Waals surface area (Å²) in [6.07, 6.45) is 6.06. The van der Waals surface area contributed by atoms with Gasteiger partial charge in [-0.05, 0) is 37.5 Å². The smallest absolute Gasteiger partial charge is 0.241 e. The van der Waals surface area contributed by atoms with E-state index in [0.717, 1.165) is 24.1 Å². The van der Waals surface area contributed by atoms with E-state index >= 15 is 0 Å². The van der Waals surface area contributed by atoms with Crippen LogP contribution in [0.4, 0.5) is 5.69 Å². The van der Waals surface area contributed by atoms with Gasteiger partial charge in [-0.2, -0.15) is 0 Å². The Bertz CT molecular complexity index is 470. The van der Waals surface area contributed by atoms with Gasteiger partial charge in [0.1, 0.15) is 0 Å². The Morgan fingerprint density at radius 2 is 2.05 bits per heavy atom. The number of anilines is 1. The number of nitrogens with zero attached hydrogens (tertiary/aromatic N) is 1. The van der Waals surface area contributed by atoms with Gasteiger partial charge in [-0.25, -0.2) is 0 Å². The highest BCUT2D eigenvalue weighted by atomic mass is 35.5. The highest BCUT2D eigenvalue weighted by Crippen LogP contribution is 2.22. The maximum Gasteiger partial charge on any atom is 0.241 e. The van der Waals surface area contributed by atoms with Crippen LogP contribution in [0.3, 0.4) is 0 Å². The zero-order valence-corrected chi connectivity index (χ0v) is 13.0. The minimum absolute atomic E-state index is 0.149. The normalized spacial score (nSPS) is 15.9. The quantitative estimate of drug-likeness (QED) is 0.915. The third kappa shape index (κ3) is 3.89. The van der Waals surface area contributed by atoms with Gasteiger partial charge in [0, 0.05) is 23.8 Å². The van der Waals surface area contributed by atoms with Gasteiger partial charge in [0.05, 0.1) is 6.54 Å². The Hall–Kier alpha value is -1.22. The summed E-state index contributed by atoms with van der Waals surface area (Å²) in [4.78, 5) is 14.2. The summed E-state index contributed by atoms with van der Waals surface area (Å²) in [5.74, 6) is 0.149. The predicted octanol–water partition coefficient (Wildman–Crippen LogP) is 3.85. The Labute approximate surface area is 126 Å². The van der Waals surface area contributed by atoms with Crippen LogP contribution < -0.4 is 5.32 Å². The molecule has 1 saturated carbocycles. The number of amides is 1. The highest BCUT2D eigenvalue weighted by Gasteiger charge is 2.21. The first kappa shape index (κ1) is 15.2. The van der Waals surface area contributed by atoms with Gasteiger partial charge in [0.15, 0.2) is 0 Å². The van der Waals surface area contributed by atoms with Gasteiger partial charge in [0.2, 0.25) is 5.91 Å².